The lowest BCUT2D eigenvalue weighted by atomic mass is 10.1. The van der Waals surface area contributed by atoms with E-state index in [9.17, 15) is 4.39 Å². The largest absolute Gasteiger partial charge is 0.497 e. The first kappa shape index (κ1) is 27.8. The van der Waals surface area contributed by atoms with Crippen molar-refractivity contribution >= 4 is 11.4 Å². The van der Waals surface area contributed by atoms with E-state index >= 15 is 0 Å². The molecule has 0 spiro atoms. The standard InChI is InChI=1S/C30H41FN6O/c1-35(16-4-14-32)17-5-15-33-25-20-28(34-29(21-25)24-8-12-27(38-3)13-9-24)23-6-10-26(11-7-23)37-19-18-36(2)30(31)22-37/h6-13,20-21,30H,4-5,14-19,22,32H2,1-3H3,(H,33,34). The number of halogens is 1. The number of hydrogen-bond acceptors (Lipinski definition) is 7. The second-order valence-corrected chi connectivity index (χ2v) is 9.99. The summed E-state index contributed by atoms with van der Waals surface area (Å²) in [6, 6.07) is 20.5. The van der Waals surface area contributed by atoms with Crippen molar-refractivity contribution in [3.8, 4) is 28.3 Å². The monoisotopic (exact) mass is 520 g/mol. The van der Waals surface area contributed by atoms with Crippen LogP contribution < -0.4 is 20.7 Å². The Morgan fingerprint density at radius 2 is 1.63 bits per heavy atom. The number of pyridine rings is 1. The molecular weight excluding hydrogens is 479 g/mol. The van der Waals surface area contributed by atoms with Gasteiger partial charge in [-0.25, -0.2) is 9.37 Å². The fourth-order valence-electron chi connectivity index (χ4n) is 4.65. The SMILES string of the molecule is COc1ccc(-c2cc(NCCCN(C)CCCN)cc(-c3ccc(N4CCN(C)C(F)C4)cc3)n2)cc1. The van der Waals surface area contributed by atoms with Crippen molar-refractivity contribution < 1.29 is 9.13 Å². The molecule has 0 aliphatic carbocycles. The summed E-state index contributed by atoms with van der Waals surface area (Å²) < 4.78 is 19.6. The molecule has 1 unspecified atom stereocenters. The molecule has 1 aromatic heterocycles. The Bertz CT molecular complexity index is 1140. The lowest BCUT2D eigenvalue weighted by Gasteiger charge is -2.36. The Labute approximate surface area is 226 Å². The number of methoxy groups -OCH3 is 1. The second kappa shape index (κ2) is 13.6. The van der Waals surface area contributed by atoms with Gasteiger partial charge in [-0.2, -0.15) is 0 Å². The van der Waals surface area contributed by atoms with Crippen molar-refractivity contribution in [1.82, 2.24) is 14.8 Å². The van der Waals surface area contributed by atoms with Gasteiger partial charge in [0.25, 0.3) is 0 Å². The van der Waals surface area contributed by atoms with Gasteiger partial charge in [-0.1, -0.05) is 12.1 Å². The first-order valence-corrected chi connectivity index (χ1v) is 13.5. The summed E-state index contributed by atoms with van der Waals surface area (Å²) in [5.74, 6) is 0.817. The summed E-state index contributed by atoms with van der Waals surface area (Å²) in [6.07, 6.45) is 1.11. The van der Waals surface area contributed by atoms with Gasteiger partial charge in [0.2, 0.25) is 0 Å². The minimum atomic E-state index is -0.944. The Morgan fingerprint density at radius 3 is 2.24 bits per heavy atom. The molecule has 1 aliphatic rings. The van der Waals surface area contributed by atoms with Crippen LogP contribution >= 0.6 is 0 Å². The van der Waals surface area contributed by atoms with E-state index in [1.807, 2.05) is 31.3 Å². The first-order valence-electron chi connectivity index (χ1n) is 13.5. The molecule has 7 nitrogen and oxygen atoms in total. The van der Waals surface area contributed by atoms with E-state index < -0.39 is 6.30 Å². The summed E-state index contributed by atoms with van der Waals surface area (Å²) in [7, 11) is 5.64. The quantitative estimate of drug-likeness (QED) is 0.268. The number of nitrogens with two attached hydrogens (primary N) is 1. The van der Waals surface area contributed by atoms with Gasteiger partial charge in [0.05, 0.1) is 25.0 Å². The van der Waals surface area contributed by atoms with Crippen LogP contribution in [0.2, 0.25) is 0 Å². The molecule has 4 rings (SSSR count). The lowest BCUT2D eigenvalue weighted by molar-refractivity contribution is 0.0973. The molecule has 0 amide bonds. The van der Waals surface area contributed by atoms with E-state index in [-0.39, 0.29) is 0 Å². The number of benzene rings is 2. The summed E-state index contributed by atoms with van der Waals surface area (Å²) in [6.45, 7) is 5.55. The van der Waals surface area contributed by atoms with Crippen LogP contribution in [0.25, 0.3) is 22.5 Å². The minimum Gasteiger partial charge on any atom is -0.497 e. The van der Waals surface area contributed by atoms with E-state index in [0.717, 1.165) is 85.2 Å². The van der Waals surface area contributed by atoms with Crippen LogP contribution in [0.4, 0.5) is 15.8 Å². The highest BCUT2D eigenvalue weighted by molar-refractivity contribution is 5.73. The molecule has 0 saturated carbocycles. The van der Waals surface area contributed by atoms with Gasteiger partial charge in [-0.05, 0) is 95.1 Å². The fourth-order valence-corrected chi connectivity index (χ4v) is 4.65. The first-order chi connectivity index (χ1) is 18.5. The molecule has 1 aliphatic heterocycles. The molecule has 1 saturated heterocycles. The van der Waals surface area contributed by atoms with E-state index in [1.165, 1.54) is 0 Å². The third kappa shape index (κ3) is 7.43. The van der Waals surface area contributed by atoms with Gasteiger partial charge in [0.15, 0.2) is 6.30 Å². The topological polar surface area (TPSA) is 69.9 Å². The third-order valence-electron chi connectivity index (χ3n) is 7.10. The maximum absolute atomic E-state index is 14.2. The molecule has 3 aromatic rings. The number of nitrogens with zero attached hydrogens (tertiary/aromatic N) is 4. The van der Waals surface area contributed by atoms with Crippen LogP contribution in [-0.2, 0) is 0 Å². The average molecular weight is 521 g/mol. The van der Waals surface area contributed by atoms with Gasteiger partial charge < -0.3 is 25.6 Å². The van der Waals surface area contributed by atoms with E-state index in [1.54, 1.807) is 12.0 Å². The van der Waals surface area contributed by atoms with Crippen LogP contribution in [0.5, 0.6) is 5.75 Å². The summed E-state index contributed by atoms with van der Waals surface area (Å²) in [5, 5.41) is 3.60. The molecule has 38 heavy (non-hydrogen) atoms. The number of ether oxygens (including phenoxy) is 1. The number of likely N-dealkylation sites (N-methyl/N-ethyl adjacent to an activating group) is 1. The molecule has 8 heteroatoms. The molecule has 1 atom stereocenters. The molecule has 0 radical (unpaired) electrons. The van der Waals surface area contributed by atoms with Crippen molar-refractivity contribution in [2.45, 2.75) is 19.1 Å². The molecular formula is C30H41FN6O. The lowest BCUT2D eigenvalue weighted by Crippen LogP contribution is -2.49. The highest BCUT2D eigenvalue weighted by atomic mass is 19.1. The molecule has 0 bridgehead atoms. The number of piperazine rings is 1. The third-order valence-corrected chi connectivity index (χ3v) is 7.10. The molecule has 2 heterocycles. The van der Waals surface area contributed by atoms with Crippen LogP contribution in [0.3, 0.4) is 0 Å². The molecule has 204 valence electrons. The van der Waals surface area contributed by atoms with E-state index in [0.29, 0.717) is 13.1 Å². The van der Waals surface area contributed by atoms with Crippen LogP contribution in [0.15, 0.2) is 60.7 Å². The average Bonchev–Trinajstić information content (AvgIpc) is 2.95. The van der Waals surface area contributed by atoms with Gasteiger partial charge in [-0.3, -0.25) is 4.90 Å². The predicted octanol–water partition coefficient (Wildman–Crippen LogP) is 4.55. The van der Waals surface area contributed by atoms with Gasteiger partial charge in [-0.15, -0.1) is 0 Å². The van der Waals surface area contributed by atoms with Crippen molar-refractivity contribution in [3.63, 3.8) is 0 Å². The number of aromatic nitrogens is 1. The summed E-state index contributed by atoms with van der Waals surface area (Å²) in [4.78, 5) is 11.2. The van der Waals surface area contributed by atoms with Gasteiger partial charge in [0.1, 0.15) is 5.75 Å². The predicted molar refractivity (Wildman–Crippen MR) is 156 cm³/mol. The highest BCUT2D eigenvalue weighted by Gasteiger charge is 2.23. The van der Waals surface area contributed by atoms with Crippen molar-refractivity contribution in [2.75, 3.05) is 77.2 Å². The van der Waals surface area contributed by atoms with Crippen molar-refractivity contribution in [1.29, 1.82) is 0 Å². The zero-order valence-corrected chi connectivity index (χ0v) is 22.9. The van der Waals surface area contributed by atoms with Crippen molar-refractivity contribution in [2.24, 2.45) is 5.73 Å². The number of hydrogen-bond donors (Lipinski definition) is 2. The molecule has 3 N–H and O–H groups in total. The number of nitrogens with one attached hydrogen (secondary N) is 1. The Morgan fingerprint density at radius 1 is 1.00 bits per heavy atom. The van der Waals surface area contributed by atoms with Gasteiger partial charge in [0, 0.05) is 42.1 Å². The number of rotatable bonds is 12. The molecule has 1 fully saturated rings. The van der Waals surface area contributed by atoms with Crippen LogP contribution in [0, 0.1) is 0 Å². The Kier molecular flexibility index (Phi) is 9.92. The smallest absolute Gasteiger partial charge is 0.171 e. The Hall–Kier alpha value is -3.20. The Balaban J connectivity index is 1.52. The molecule has 2 aromatic carbocycles. The minimum absolute atomic E-state index is 0.385. The highest BCUT2D eigenvalue weighted by Crippen LogP contribution is 2.30. The summed E-state index contributed by atoms with van der Waals surface area (Å²) >= 11 is 0. The van der Waals surface area contributed by atoms with Crippen LogP contribution in [-0.4, -0.2) is 88.1 Å². The number of alkyl halides is 1. The second-order valence-electron chi connectivity index (χ2n) is 9.99. The zero-order valence-electron chi connectivity index (χ0n) is 22.9. The summed E-state index contributed by atoms with van der Waals surface area (Å²) in [5.41, 5.74) is 11.6. The van der Waals surface area contributed by atoms with Crippen LogP contribution in [0.1, 0.15) is 12.8 Å². The zero-order chi connectivity index (χ0) is 26.9. The normalized spacial score (nSPS) is 16.2. The van der Waals surface area contributed by atoms with Gasteiger partial charge >= 0.3 is 0 Å². The fraction of sp³-hybridized carbons (Fsp3) is 0.433. The van der Waals surface area contributed by atoms with Crippen molar-refractivity contribution in [3.05, 3.63) is 60.7 Å². The number of anilines is 2. The maximum Gasteiger partial charge on any atom is 0.171 e. The van der Waals surface area contributed by atoms with E-state index in [2.05, 4.69) is 58.6 Å². The maximum atomic E-state index is 14.2. The van der Waals surface area contributed by atoms with E-state index in [4.69, 9.17) is 15.5 Å².